The number of hydrogen-bond donors (Lipinski definition) is 0. The van der Waals surface area contributed by atoms with Gasteiger partial charge in [0, 0.05) is 34.6 Å². The van der Waals surface area contributed by atoms with E-state index < -0.39 is 0 Å². The lowest BCUT2D eigenvalue weighted by atomic mass is 9.93. The van der Waals surface area contributed by atoms with Crippen LogP contribution in [0.15, 0.2) is 42.5 Å². The Kier molecular flexibility index (Phi) is 5.23. The zero-order chi connectivity index (χ0) is 18.8. The second kappa shape index (κ2) is 7.42. The van der Waals surface area contributed by atoms with E-state index in [1.165, 1.54) is 6.07 Å². The highest BCUT2D eigenvalue weighted by molar-refractivity contribution is 6.31. The smallest absolute Gasteiger partial charge is 0.256 e. The molecule has 3 aromatic rings. The summed E-state index contributed by atoms with van der Waals surface area (Å²) in [5.41, 5.74) is 2.61. The number of halogens is 2. The van der Waals surface area contributed by atoms with Gasteiger partial charge in [-0.25, -0.2) is 4.39 Å². The molecule has 0 saturated carbocycles. The van der Waals surface area contributed by atoms with Crippen LogP contribution < -0.4 is 0 Å². The Morgan fingerprint density at radius 2 is 1.85 bits per heavy atom. The molecule has 0 radical (unpaired) electrons. The zero-order valence-corrected chi connectivity index (χ0v) is 15.8. The van der Waals surface area contributed by atoms with Gasteiger partial charge in [-0.05, 0) is 45.0 Å². The molecular formula is C21H20ClFN2O. The maximum atomic E-state index is 14.7. The third-order valence-electron chi connectivity index (χ3n) is 4.54. The van der Waals surface area contributed by atoms with E-state index in [4.69, 9.17) is 11.6 Å². The minimum absolute atomic E-state index is 0.153. The Morgan fingerprint density at radius 1 is 1.15 bits per heavy atom. The van der Waals surface area contributed by atoms with E-state index >= 15 is 0 Å². The van der Waals surface area contributed by atoms with Crippen molar-refractivity contribution in [1.82, 2.24) is 9.88 Å². The molecule has 5 heteroatoms. The molecule has 0 aliphatic carbocycles. The average molecular weight is 371 g/mol. The van der Waals surface area contributed by atoms with Crippen molar-refractivity contribution in [2.45, 2.75) is 20.8 Å². The molecule has 0 fully saturated rings. The number of amides is 1. The predicted molar refractivity (Wildman–Crippen MR) is 104 cm³/mol. The van der Waals surface area contributed by atoms with Crippen molar-refractivity contribution >= 4 is 28.4 Å². The van der Waals surface area contributed by atoms with Gasteiger partial charge in [-0.2, -0.15) is 0 Å². The van der Waals surface area contributed by atoms with Gasteiger partial charge in [0.25, 0.3) is 5.91 Å². The van der Waals surface area contributed by atoms with E-state index in [2.05, 4.69) is 4.98 Å². The summed E-state index contributed by atoms with van der Waals surface area (Å²) >= 11 is 6.19. The Balaban J connectivity index is 2.44. The van der Waals surface area contributed by atoms with Crippen LogP contribution in [0.5, 0.6) is 0 Å². The Bertz CT molecular complexity index is 983. The summed E-state index contributed by atoms with van der Waals surface area (Å²) in [5, 5.41) is 1.19. The van der Waals surface area contributed by atoms with Crippen molar-refractivity contribution in [3.05, 3.63) is 64.6 Å². The van der Waals surface area contributed by atoms with Gasteiger partial charge in [0.1, 0.15) is 5.82 Å². The number of benzene rings is 2. The van der Waals surface area contributed by atoms with Crippen molar-refractivity contribution in [3.63, 3.8) is 0 Å². The van der Waals surface area contributed by atoms with Gasteiger partial charge in [0.05, 0.1) is 16.8 Å². The number of pyridine rings is 1. The Hall–Kier alpha value is -2.46. The van der Waals surface area contributed by atoms with Gasteiger partial charge in [-0.3, -0.25) is 9.78 Å². The minimum Gasteiger partial charge on any atom is -0.339 e. The second-order valence-corrected chi connectivity index (χ2v) is 6.50. The van der Waals surface area contributed by atoms with Gasteiger partial charge < -0.3 is 4.90 Å². The van der Waals surface area contributed by atoms with E-state index in [0.29, 0.717) is 51.4 Å². The van der Waals surface area contributed by atoms with Gasteiger partial charge in [0.2, 0.25) is 0 Å². The van der Waals surface area contributed by atoms with Crippen LogP contribution >= 0.6 is 11.6 Å². The summed E-state index contributed by atoms with van der Waals surface area (Å²) in [6.45, 7) is 6.77. The molecule has 0 unspecified atom stereocenters. The van der Waals surface area contributed by atoms with Crippen LogP contribution in [0.2, 0.25) is 5.02 Å². The van der Waals surface area contributed by atoms with Crippen molar-refractivity contribution in [1.29, 1.82) is 0 Å². The molecular weight excluding hydrogens is 351 g/mol. The van der Waals surface area contributed by atoms with Crippen LogP contribution in [0.4, 0.5) is 4.39 Å². The normalized spacial score (nSPS) is 11.0. The minimum atomic E-state index is -0.382. The first kappa shape index (κ1) is 18.3. The summed E-state index contributed by atoms with van der Waals surface area (Å²) < 4.78 is 14.7. The number of fused-ring (bicyclic) bond motifs is 1. The van der Waals surface area contributed by atoms with Crippen molar-refractivity contribution < 1.29 is 9.18 Å². The summed E-state index contributed by atoms with van der Waals surface area (Å²) in [7, 11) is 0. The number of hydrogen-bond acceptors (Lipinski definition) is 2. The molecule has 26 heavy (non-hydrogen) atoms. The molecule has 0 spiro atoms. The largest absolute Gasteiger partial charge is 0.339 e. The number of aryl methyl sites for hydroxylation is 1. The van der Waals surface area contributed by atoms with Crippen LogP contribution in [-0.4, -0.2) is 28.9 Å². The van der Waals surface area contributed by atoms with Crippen molar-refractivity contribution in [2.24, 2.45) is 0 Å². The fourth-order valence-electron chi connectivity index (χ4n) is 3.23. The van der Waals surface area contributed by atoms with Gasteiger partial charge in [-0.15, -0.1) is 0 Å². The topological polar surface area (TPSA) is 33.2 Å². The lowest BCUT2D eigenvalue weighted by Gasteiger charge is -2.23. The predicted octanol–water partition coefficient (Wildman–Crippen LogP) is 5.48. The van der Waals surface area contributed by atoms with Crippen LogP contribution in [-0.2, 0) is 0 Å². The van der Waals surface area contributed by atoms with E-state index in [1.54, 1.807) is 48.2 Å². The van der Waals surface area contributed by atoms with Crippen LogP contribution in [0.3, 0.4) is 0 Å². The molecule has 2 aromatic carbocycles. The Labute approximate surface area is 157 Å². The zero-order valence-electron chi connectivity index (χ0n) is 15.0. The molecule has 1 amide bonds. The second-order valence-electron chi connectivity index (χ2n) is 6.07. The molecule has 3 nitrogen and oxygen atoms in total. The van der Waals surface area contributed by atoms with Crippen LogP contribution in [0.25, 0.3) is 22.0 Å². The molecule has 1 heterocycles. The molecule has 3 rings (SSSR count). The summed E-state index contributed by atoms with van der Waals surface area (Å²) in [5.74, 6) is -0.534. The van der Waals surface area contributed by atoms with Crippen LogP contribution in [0.1, 0.15) is 29.9 Å². The molecule has 1 aromatic heterocycles. The van der Waals surface area contributed by atoms with E-state index in [9.17, 15) is 9.18 Å². The summed E-state index contributed by atoms with van der Waals surface area (Å²) in [6, 6.07) is 11.7. The number of nitrogens with zero attached hydrogens (tertiary/aromatic N) is 2. The van der Waals surface area contributed by atoms with E-state index in [1.807, 2.05) is 13.8 Å². The molecule has 0 N–H and O–H groups in total. The highest BCUT2D eigenvalue weighted by Crippen LogP contribution is 2.36. The van der Waals surface area contributed by atoms with Gasteiger partial charge >= 0.3 is 0 Å². The molecule has 0 atom stereocenters. The monoisotopic (exact) mass is 370 g/mol. The molecule has 0 bridgehead atoms. The Morgan fingerprint density at radius 3 is 2.50 bits per heavy atom. The van der Waals surface area contributed by atoms with Gasteiger partial charge in [0.15, 0.2) is 0 Å². The first-order valence-corrected chi connectivity index (χ1v) is 8.99. The standard InChI is InChI=1S/C21H20ClFN2O/c1-4-25(5-2)21(26)19-13(3)24-18-11-10-14(22)12-16(18)20(19)15-8-6-7-9-17(15)23/h6-12H,4-5H2,1-3H3. The van der Waals surface area contributed by atoms with E-state index in [0.717, 1.165) is 0 Å². The maximum absolute atomic E-state index is 14.7. The van der Waals surface area contributed by atoms with Crippen molar-refractivity contribution in [2.75, 3.05) is 13.1 Å². The fourth-order valence-corrected chi connectivity index (χ4v) is 3.40. The maximum Gasteiger partial charge on any atom is 0.256 e. The van der Waals surface area contributed by atoms with Crippen molar-refractivity contribution in [3.8, 4) is 11.1 Å². The highest BCUT2D eigenvalue weighted by atomic mass is 35.5. The molecule has 0 aliphatic heterocycles. The SMILES string of the molecule is CCN(CC)C(=O)c1c(C)nc2ccc(Cl)cc2c1-c1ccccc1F. The summed E-state index contributed by atoms with van der Waals surface area (Å²) in [6.07, 6.45) is 0. The third-order valence-corrected chi connectivity index (χ3v) is 4.77. The number of carbonyl (C=O) groups excluding carboxylic acids is 1. The number of rotatable bonds is 4. The summed E-state index contributed by atoms with van der Waals surface area (Å²) in [4.78, 5) is 19.5. The van der Waals surface area contributed by atoms with Gasteiger partial charge in [-0.1, -0.05) is 29.8 Å². The number of aromatic nitrogens is 1. The van der Waals surface area contributed by atoms with E-state index in [-0.39, 0.29) is 11.7 Å². The molecule has 134 valence electrons. The average Bonchev–Trinajstić information content (AvgIpc) is 2.62. The lowest BCUT2D eigenvalue weighted by Crippen LogP contribution is -2.31. The van der Waals surface area contributed by atoms with Crippen LogP contribution in [0, 0.1) is 12.7 Å². The third kappa shape index (κ3) is 3.17. The first-order chi connectivity index (χ1) is 12.5. The lowest BCUT2D eigenvalue weighted by molar-refractivity contribution is 0.0772. The fraction of sp³-hybridized carbons (Fsp3) is 0.238. The number of carbonyl (C=O) groups is 1. The molecule has 0 aliphatic rings. The molecule has 0 saturated heterocycles. The first-order valence-electron chi connectivity index (χ1n) is 8.61. The highest BCUT2D eigenvalue weighted by Gasteiger charge is 2.24. The quantitative estimate of drug-likeness (QED) is 0.608.